The van der Waals surface area contributed by atoms with Crippen LogP contribution in [0.1, 0.15) is 38.9 Å². The summed E-state index contributed by atoms with van der Waals surface area (Å²) in [7, 11) is 1.81. The number of nitrogens with zero attached hydrogens (tertiary/aromatic N) is 4. The maximum absolute atomic E-state index is 5.91. The first-order chi connectivity index (χ1) is 8.60. The van der Waals surface area contributed by atoms with E-state index in [1.807, 2.05) is 7.05 Å². The van der Waals surface area contributed by atoms with Crippen molar-refractivity contribution < 1.29 is 0 Å². The molecule has 1 aliphatic carbocycles. The average molecular weight is 251 g/mol. The number of hydrogen-bond acceptors (Lipinski definition) is 4. The molecular formula is C13H25N5. The highest BCUT2D eigenvalue weighted by atomic mass is 15.6. The quantitative estimate of drug-likeness (QED) is 0.878. The molecule has 5 nitrogen and oxygen atoms in total. The molecule has 0 aromatic carbocycles. The zero-order chi connectivity index (χ0) is 13.1. The average Bonchev–Trinajstić information content (AvgIpc) is 2.74. The molecule has 2 N–H and O–H groups in total. The second kappa shape index (κ2) is 5.78. The van der Waals surface area contributed by atoms with Gasteiger partial charge in [0.05, 0.1) is 7.05 Å². The van der Waals surface area contributed by atoms with Gasteiger partial charge in [0.25, 0.3) is 0 Å². The molecule has 1 heterocycles. The Bertz CT molecular complexity index is 373. The van der Waals surface area contributed by atoms with E-state index >= 15 is 0 Å². The molecule has 3 atom stereocenters. The van der Waals surface area contributed by atoms with Crippen molar-refractivity contribution in [1.82, 2.24) is 20.2 Å². The molecule has 0 saturated heterocycles. The fourth-order valence-electron chi connectivity index (χ4n) is 3.17. The van der Waals surface area contributed by atoms with Crippen LogP contribution in [0.4, 0.5) is 0 Å². The lowest BCUT2D eigenvalue weighted by molar-refractivity contribution is 0.149. The third-order valence-corrected chi connectivity index (χ3v) is 4.42. The first kappa shape index (κ1) is 13.5. The van der Waals surface area contributed by atoms with Crippen molar-refractivity contribution in [2.24, 2.45) is 36.5 Å². The molecule has 0 spiro atoms. The molecule has 3 unspecified atom stereocenters. The Balaban J connectivity index is 2.02. The molecule has 1 fully saturated rings. The highest BCUT2D eigenvalue weighted by molar-refractivity contribution is 4.89. The lowest BCUT2D eigenvalue weighted by atomic mass is 9.69. The van der Waals surface area contributed by atoms with Crippen LogP contribution in [-0.2, 0) is 13.5 Å². The SMILES string of the molecule is CC(C)C1CCC(CN)C(Cc2nnn(C)n2)C1. The Morgan fingerprint density at radius 3 is 2.67 bits per heavy atom. The largest absolute Gasteiger partial charge is 0.330 e. The van der Waals surface area contributed by atoms with E-state index in [0.29, 0.717) is 11.8 Å². The second-order valence-electron chi connectivity index (χ2n) is 5.97. The smallest absolute Gasteiger partial charge is 0.175 e. The van der Waals surface area contributed by atoms with E-state index in [-0.39, 0.29) is 0 Å². The van der Waals surface area contributed by atoms with Crippen molar-refractivity contribution in [2.75, 3.05) is 6.54 Å². The van der Waals surface area contributed by atoms with Crippen molar-refractivity contribution in [2.45, 2.75) is 39.5 Å². The van der Waals surface area contributed by atoms with Crippen molar-refractivity contribution in [3.05, 3.63) is 5.82 Å². The first-order valence-electron chi connectivity index (χ1n) is 7.03. The van der Waals surface area contributed by atoms with Crippen LogP contribution < -0.4 is 5.73 Å². The van der Waals surface area contributed by atoms with E-state index in [2.05, 4.69) is 29.3 Å². The molecule has 0 radical (unpaired) electrons. The van der Waals surface area contributed by atoms with Gasteiger partial charge < -0.3 is 5.73 Å². The standard InChI is InChI=1S/C13H25N5/c1-9(2)10-4-5-11(8-14)12(6-10)7-13-15-17-18(3)16-13/h9-12H,4-8,14H2,1-3H3. The van der Waals surface area contributed by atoms with E-state index in [1.54, 1.807) is 0 Å². The summed E-state index contributed by atoms with van der Waals surface area (Å²) in [6, 6.07) is 0. The third kappa shape index (κ3) is 3.07. The summed E-state index contributed by atoms with van der Waals surface area (Å²) in [5.74, 6) is 3.71. The van der Waals surface area contributed by atoms with Gasteiger partial charge in [0, 0.05) is 6.42 Å². The van der Waals surface area contributed by atoms with Gasteiger partial charge in [-0.05, 0) is 54.7 Å². The number of aromatic nitrogens is 4. The van der Waals surface area contributed by atoms with Gasteiger partial charge in [-0.1, -0.05) is 13.8 Å². The van der Waals surface area contributed by atoms with Gasteiger partial charge in [-0.15, -0.1) is 10.2 Å². The van der Waals surface area contributed by atoms with Crippen molar-refractivity contribution in [3.63, 3.8) is 0 Å². The molecule has 2 rings (SSSR count). The van der Waals surface area contributed by atoms with Crippen LogP contribution in [0.3, 0.4) is 0 Å². The fraction of sp³-hybridized carbons (Fsp3) is 0.923. The van der Waals surface area contributed by atoms with Crippen LogP contribution in [0.2, 0.25) is 0 Å². The summed E-state index contributed by atoms with van der Waals surface area (Å²) in [5.41, 5.74) is 5.91. The number of tetrazole rings is 1. The summed E-state index contributed by atoms with van der Waals surface area (Å²) in [6.07, 6.45) is 4.77. The van der Waals surface area contributed by atoms with Gasteiger partial charge in [0.15, 0.2) is 5.82 Å². The minimum absolute atomic E-state index is 0.625. The number of nitrogens with two attached hydrogens (primary N) is 1. The highest BCUT2D eigenvalue weighted by Gasteiger charge is 2.31. The molecule has 1 aliphatic rings. The van der Waals surface area contributed by atoms with Gasteiger partial charge >= 0.3 is 0 Å². The van der Waals surface area contributed by atoms with Crippen LogP contribution >= 0.6 is 0 Å². The Hall–Kier alpha value is -0.970. The molecule has 1 aromatic rings. The zero-order valence-electron chi connectivity index (χ0n) is 11.7. The van der Waals surface area contributed by atoms with Crippen LogP contribution in [0.25, 0.3) is 0 Å². The van der Waals surface area contributed by atoms with Crippen LogP contribution in [-0.4, -0.2) is 26.8 Å². The van der Waals surface area contributed by atoms with E-state index in [9.17, 15) is 0 Å². The summed E-state index contributed by atoms with van der Waals surface area (Å²) in [5, 5.41) is 12.3. The Morgan fingerprint density at radius 2 is 2.11 bits per heavy atom. The predicted octanol–water partition coefficient (Wildman–Crippen LogP) is 1.40. The van der Waals surface area contributed by atoms with Gasteiger partial charge in [-0.3, -0.25) is 0 Å². The summed E-state index contributed by atoms with van der Waals surface area (Å²) < 4.78 is 0. The molecule has 1 aromatic heterocycles. The topological polar surface area (TPSA) is 69.6 Å². The predicted molar refractivity (Wildman–Crippen MR) is 70.7 cm³/mol. The Kier molecular flexibility index (Phi) is 4.32. The van der Waals surface area contributed by atoms with Crippen LogP contribution in [0.15, 0.2) is 0 Å². The molecule has 0 amide bonds. The zero-order valence-corrected chi connectivity index (χ0v) is 11.7. The van der Waals surface area contributed by atoms with Crippen molar-refractivity contribution in [1.29, 1.82) is 0 Å². The fourth-order valence-corrected chi connectivity index (χ4v) is 3.17. The van der Waals surface area contributed by atoms with E-state index in [0.717, 1.165) is 30.6 Å². The maximum Gasteiger partial charge on any atom is 0.175 e. The molecule has 18 heavy (non-hydrogen) atoms. The van der Waals surface area contributed by atoms with E-state index in [1.165, 1.54) is 24.1 Å². The second-order valence-corrected chi connectivity index (χ2v) is 5.97. The summed E-state index contributed by atoms with van der Waals surface area (Å²) in [6.45, 7) is 5.44. The molecule has 102 valence electrons. The monoisotopic (exact) mass is 251 g/mol. The first-order valence-corrected chi connectivity index (χ1v) is 7.03. The summed E-state index contributed by atoms with van der Waals surface area (Å²) >= 11 is 0. The molecular weight excluding hydrogens is 226 g/mol. The lowest BCUT2D eigenvalue weighted by Crippen LogP contribution is -2.33. The van der Waals surface area contributed by atoms with Gasteiger partial charge in [0.2, 0.25) is 0 Å². The number of rotatable bonds is 4. The van der Waals surface area contributed by atoms with Gasteiger partial charge in [-0.2, -0.15) is 4.80 Å². The Morgan fingerprint density at radius 1 is 1.33 bits per heavy atom. The molecule has 0 aliphatic heterocycles. The van der Waals surface area contributed by atoms with Gasteiger partial charge in [0.1, 0.15) is 0 Å². The third-order valence-electron chi connectivity index (χ3n) is 4.42. The molecule has 5 heteroatoms. The molecule has 0 bridgehead atoms. The summed E-state index contributed by atoms with van der Waals surface area (Å²) in [4.78, 5) is 1.54. The Labute approximate surface area is 109 Å². The minimum Gasteiger partial charge on any atom is -0.330 e. The van der Waals surface area contributed by atoms with Crippen LogP contribution in [0, 0.1) is 23.7 Å². The minimum atomic E-state index is 0.625. The molecule has 1 saturated carbocycles. The van der Waals surface area contributed by atoms with Crippen molar-refractivity contribution >= 4 is 0 Å². The lowest BCUT2D eigenvalue weighted by Gasteiger charge is -2.37. The van der Waals surface area contributed by atoms with Crippen molar-refractivity contribution in [3.8, 4) is 0 Å². The number of hydrogen-bond donors (Lipinski definition) is 1. The van der Waals surface area contributed by atoms with Crippen LogP contribution in [0.5, 0.6) is 0 Å². The number of aryl methyl sites for hydroxylation is 1. The highest BCUT2D eigenvalue weighted by Crippen LogP contribution is 2.38. The van der Waals surface area contributed by atoms with E-state index < -0.39 is 0 Å². The maximum atomic E-state index is 5.91. The van der Waals surface area contributed by atoms with E-state index in [4.69, 9.17) is 5.73 Å². The van der Waals surface area contributed by atoms with Gasteiger partial charge in [-0.25, -0.2) is 0 Å². The normalized spacial score (nSPS) is 28.8.